The molecule has 0 bridgehead atoms. The second-order valence-corrected chi connectivity index (χ2v) is 4.62. The van der Waals surface area contributed by atoms with E-state index in [1.807, 2.05) is 31.2 Å². The Morgan fingerprint density at radius 2 is 2.05 bits per heavy atom. The van der Waals surface area contributed by atoms with Crippen LogP contribution in [0.15, 0.2) is 24.3 Å². The van der Waals surface area contributed by atoms with Crippen LogP contribution in [0.25, 0.3) is 11.3 Å². The average molecular weight is 287 g/mol. The van der Waals surface area contributed by atoms with Gasteiger partial charge in [0.2, 0.25) is 0 Å². The predicted molar refractivity (Wildman–Crippen MR) is 79.1 cm³/mol. The predicted octanol–water partition coefficient (Wildman–Crippen LogP) is 2.77. The molecule has 0 aliphatic rings. The third kappa shape index (κ3) is 2.31. The van der Waals surface area contributed by atoms with E-state index < -0.39 is 5.97 Å². The van der Waals surface area contributed by atoms with Gasteiger partial charge in [-0.2, -0.15) is 0 Å². The minimum absolute atomic E-state index is 0.0657. The second kappa shape index (κ2) is 5.83. The maximum absolute atomic E-state index is 11.5. The normalized spacial score (nSPS) is 10.4. The summed E-state index contributed by atoms with van der Waals surface area (Å²) < 4.78 is 6.97. The van der Waals surface area contributed by atoms with Crippen LogP contribution < -0.4 is 4.74 Å². The Hall–Kier alpha value is -2.56. The number of ether oxygens (including phenoxy) is 1. The van der Waals surface area contributed by atoms with Gasteiger partial charge in [-0.3, -0.25) is 4.79 Å². The number of hydrogen-bond donors (Lipinski definition) is 1. The van der Waals surface area contributed by atoms with E-state index in [9.17, 15) is 14.7 Å². The number of para-hydroxylation sites is 1. The summed E-state index contributed by atoms with van der Waals surface area (Å²) in [6, 6.07) is 7.36. The van der Waals surface area contributed by atoms with Crippen LogP contribution in [0.3, 0.4) is 0 Å². The number of aromatic nitrogens is 1. The van der Waals surface area contributed by atoms with Crippen LogP contribution in [0, 0.1) is 0 Å². The number of carbonyl (C=O) groups is 2. The first kappa shape index (κ1) is 14.8. The van der Waals surface area contributed by atoms with Crippen molar-refractivity contribution in [3.63, 3.8) is 0 Å². The minimum atomic E-state index is -1.09. The summed E-state index contributed by atoms with van der Waals surface area (Å²) in [5, 5.41) is 9.42. The minimum Gasteiger partial charge on any atom is -0.496 e. The number of nitrogens with zero attached hydrogens (tertiary/aromatic N) is 1. The molecule has 0 aliphatic carbocycles. The first-order chi connectivity index (χ1) is 10.1. The highest BCUT2D eigenvalue weighted by molar-refractivity contribution is 6.01. The van der Waals surface area contributed by atoms with E-state index in [2.05, 4.69) is 0 Å². The molecule has 0 saturated heterocycles. The van der Waals surface area contributed by atoms with Crippen molar-refractivity contribution in [1.29, 1.82) is 0 Å². The van der Waals surface area contributed by atoms with Gasteiger partial charge in [-0.05, 0) is 24.1 Å². The fraction of sp³-hybridized carbons (Fsp3) is 0.250. The molecule has 0 aliphatic heterocycles. The van der Waals surface area contributed by atoms with Gasteiger partial charge >= 0.3 is 5.97 Å². The van der Waals surface area contributed by atoms with Gasteiger partial charge in [-0.1, -0.05) is 19.1 Å². The number of aromatic carboxylic acids is 1. The van der Waals surface area contributed by atoms with E-state index in [1.54, 1.807) is 18.7 Å². The highest BCUT2D eigenvalue weighted by Crippen LogP contribution is 2.36. The number of hydrogen-bond acceptors (Lipinski definition) is 3. The lowest BCUT2D eigenvalue weighted by Gasteiger charge is -2.11. The van der Waals surface area contributed by atoms with Gasteiger partial charge in [-0.15, -0.1) is 0 Å². The van der Waals surface area contributed by atoms with Crippen molar-refractivity contribution in [3.05, 3.63) is 41.1 Å². The maximum atomic E-state index is 11.5. The van der Waals surface area contributed by atoms with E-state index in [-0.39, 0.29) is 11.3 Å². The zero-order valence-corrected chi connectivity index (χ0v) is 12.2. The van der Waals surface area contributed by atoms with Crippen LogP contribution in [0.4, 0.5) is 0 Å². The van der Waals surface area contributed by atoms with Crippen molar-refractivity contribution in [2.24, 2.45) is 7.05 Å². The number of aldehydes is 1. The lowest BCUT2D eigenvalue weighted by atomic mass is 10.0. The standard InChI is InChI=1S/C16H17NO4/c1-4-10-14(16(19)20)12(9-18)17(2)15(10)11-7-5-6-8-13(11)21-3/h5-9H,4H2,1-3H3,(H,19,20). The fourth-order valence-corrected chi connectivity index (χ4v) is 2.67. The summed E-state index contributed by atoms with van der Waals surface area (Å²) in [5.41, 5.74) is 2.34. The fourth-order valence-electron chi connectivity index (χ4n) is 2.67. The monoisotopic (exact) mass is 287 g/mol. The Kier molecular flexibility index (Phi) is 4.12. The molecule has 0 fully saturated rings. The van der Waals surface area contributed by atoms with Crippen molar-refractivity contribution in [2.75, 3.05) is 7.11 Å². The van der Waals surface area contributed by atoms with Gasteiger partial charge in [0.05, 0.1) is 24.1 Å². The Morgan fingerprint density at radius 3 is 2.57 bits per heavy atom. The molecule has 5 heteroatoms. The largest absolute Gasteiger partial charge is 0.496 e. The van der Waals surface area contributed by atoms with Crippen LogP contribution in [0.5, 0.6) is 5.75 Å². The molecule has 0 amide bonds. The molecule has 1 aromatic carbocycles. The molecule has 0 atom stereocenters. The van der Waals surface area contributed by atoms with Crippen molar-refractivity contribution in [1.82, 2.24) is 4.57 Å². The molecule has 2 rings (SSSR count). The lowest BCUT2D eigenvalue weighted by Crippen LogP contribution is -2.04. The third-order valence-electron chi connectivity index (χ3n) is 3.58. The molecule has 1 aromatic heterocycles. The summed E-state index contributed by atoms with van der Waals surface area (Å²) in [6.45, 7) is 1.87. The molecular weight excluding hydrogens is 270 g/mol. The van der Waals surface area contributed by atoms with Crippen LogP contribution in [-0.4, -0.2) is 29.0 Å². The summed E-state index contributed by atoms with van der Waals surface area (Å²) in [6.07, 6.45) is 1.10. The van der Waals surface area contributed by atoms with Gasteiger partial charge in [-0.25, -0.2) is 4.79 Å². The van der Waals surface area contributed by atoms with Gasteiger partial charge in [0.25, 0.3) is 0 Å². The average Bonchev–Trinajstić information content (AvgIpc) is 2.78. The summed E-state index contributed by atoms with van der Waals surface area (Å²) >= 11 is 0. The van der Waals surface area contributed by atoms with Crippen LogP contribution in [0.2, 0.25) is 0 Å². The highest BCUT2D eigenvalue weighted by atomic mass is 16.5. The molecule has 2 aromatic rings. The molecule has 1 N–H and O–H groups in total. The quantitative estimate of drug-likeness (QED) is 0.859. The van der Waals surface area contributed by atoms with E-state index in [0.717, 1.165) is 5.56 Å². The third-order valence-corrected chi connectivity index (χ3v) is 3.58. The zero-order chi connectivity index (χ0) is 15.6. The Labute approximate surface area is 122 Å². The summed E-state index contributed by atoms with van der Waals surface area (Å²) in [7, 11) is 3.25. The lowest BCUT2D eigenvalue weighted by molar-refractivity contribution is 0.0692. The Balaban J connectivity index is 2.86. The topological polar surface area (TPSA) is 68.5 Å². The summed E-state index contributed by atoms with van der Waals surface area (Å²) in [4.78, 5) is 22.8. The zero-order valence-electron chi connectivity index (χ0n) is 12.2. The van der Waals surface area contributed by atoms with Crippen molar-refractivity contribution in [2.45, 2.75) is 13.3 Å². The molecule has 1 heterocycles. The van der Waals surface area contributed by atoms with E-state index in [0.29, 0.717) is 29.7 Å². The van der Waals surface area contributed by atoms with Crippen LogP contribution in [0.1, 0.15) is 33.3 Å². The van der Waals surface area contributed by atoms with Crippen molar-refractivity contribution < 1.29 is 19.4 Å². The molecular formula is C16H17NO4. The van der Waals surface area contributed by atoms with Crippen molar-refractivity contribution >= 4 is 12.3 Å². The maximum Gasteiger partial charge on any atom is 0.338 e. The number of carbonyl (C=O) groups excluding carboxylic acids is 1. The highest BCUT2D eigenvalue weighted by Gasteiger charge is 2.26. The number of carboxylic acids is 1. The first-order valence-electron chi connectivity index (χ1n) is 6.60. The number of benzene rings is 1. The second-order valence-electron chi connectivity index (χ2n) is 4.62. The molecule has 5 nitrogen and oxygen atoms in total. The molecule has 0 spiro atoms. The van der Waals surface area contributed by atoms with E-state index in [1.165, 1.54) is 0 Å². The number of methoxy groups -OCH3 is 1. The van der Waals surface area contributed by atoms with Gasteiger partial charge in [0.15, 0.2) is 6.29 Å². The number of carboxylic acid groups (broad SMARTS) is 1. The molecule has 0 saturated carbocycles. The first-order valence-corrected chi connectivity index (χ1v) is 6.60. The SMILES string of the molecule is CCc1c(C(=O)O)c(C=O)n(C)c1-c1ccccc1OC. The molecule has 110 valence electrons. The van der Waals surface area contributed by atoms with Crippen LogP contribution in [-0.2, 0) is 13.5 Å². The van der Waals surface area contributed by atoms with Crippen LogP contribution >= 0.6 is 0 Å². The molecule has 21 heavy (non-hydrogen) atoms. The van der Waals surface area contributed by atoms with E-state index in [4.69, 9.17) is 4.74 Å². The van der Waals surface area contributed by atoms with Gasteiger partial charge in [0, 0.05) is 12.6 Å². The molecule has 0 unspecified atom stereocenters. The Bertz CT molecular complexity index is 701. The van der Waals surface area contributed by atoms with E-state index >= 15 is 0 Å². The van der Waals surface area contributed by atoms with Gasteiger partial charge in [0.1, 0.15) is 5.75 Å². The summed E-state index contributed by atoms with van der Waals surface area (Å²) in [5.74, 6) is -0.451. The smallest absolute Gasteiger partial charge is 0.338 e. The Morgan fingerprint density at radius 1 is 1.38 bits per heavy atom. The molecule has 0 radical (unpaired) electrons. The number of rotatable bonds is 5. The van der Waals surface area contributed by atoms with Gasteiger partial charge < -0.3 is 14.4 Å². The van der Waals surface area contributed by atoms with Crippen molar-refractivity contribution in [3.8, 4) is 17.0 Å².